The highest BCUT2D eigenvalue weighted by Crippen LogP contribution is 2.30. The molecule has 6 heteroatoms. The lowest BCUT2D eigenvalue weighted by Gasteiger charge is -2.09. The van der Waals surface area contributed by atoms with Crippen molar-refractivity contribution in [1.82, 2.24) is 24.1 Å². The molecule has 0 aliphatic rings. The Kier molecular flexibility index (Phi) is 4.47. The van der Waals surface area contributed by atoms with Crippen molar-refractivity contribution in [2.75, 3.05) is 6.61 Å². The first-order valence-electron chi connectivity index (χ1n) is 10.1. The van der Waals surface area contributed by atoms with E-state index < -0.39 is 0 Å². The molecular formula is C24H23N5O. The van der Waals surface area contributed by atoms with Gasteiger partial charge in [0.1, 0.15) is 12.1 Å². The smallest absolute Gasteiger partial charge is 0.168 e. The summed E-state index contributed by atoms with van der Waals surface area (Å²) in [6.07, 6.45) is 2.45. The summed E-state index contributed by atoms with van der Waals surface area (Å²) in [6, 6.07) is 18.4. The quantitative estimate of drug-likeness (QED) is 0.432. The number of fused-ring (bicyclic) bond motifs is 3. The van der Waals surface area contributed by atoms with Gasteiger partial charge in [-0.1, -0.05) is 30.3 Å². The zero-order valence-corrected chi connectivity index (χ0v) is 17.3. The molecule has 0 bridgehead atoms. The van der Waals surface area contributed by atoms with Crippen LogP contribution in [0.2, 0.25) is 0 Å². The van der Waals surface area contributed by atoms with Crippen molar-refractivity contribution in [3.8, 4) is 11.4 Å². The maximum atomic E-state index is 5.58. The predicted octanol–water partition coefficient (Wildman–Crippen LogP) is 4.67. The van der Waals surface area contributed by atoms with Gasteiger partial charge in [0, 0.05) is 17.8 Å². The topological polar surface area (TPSA) is 57.2 Å². The standard InChI is InChI=1S/C24H23N5O/c1-4-30-20-12-10-19(11-13-20)29-17(3)16(2)22-23(29)25-15-28-24(22)26-21(27-28)14-18-8-6-5-7-9-18/h5-13,15H,4,14H2,1-3H3. The van der Waals surface area contributed by atoms with Crippen LogP contribution < -0.4 is 4.74 Å². The summed E-state index contributed by atoms with van der Waals surface area (Å²) in [5, 5.41) is 5.70. The molecular weight excluding hydrogens is 374 g/mol. The minimum absolute atomic E-state index is 0.654. The Labute approximate surface area is 174 Å². The highest BCUT2D eigenvalue weighted by molar-refractivity contribution is 5.95. The van der Waals surface area contributed by atoms with Gasteiger partial charge in [-0.3, -0.25) is 4.57 Å². The van der Waals surface area contributed by atoms with Gasteiger partial charge in [0.25, 0.3) is 0 Å². The molecule has 3 heterocycles. The van der Waals surface area contributed by atoms with Crippen LogP contribution in [0.5, 0.6) is 5.75 Å². The maximum absolute atomic E-state index is 5.58. The molecule has 0 aliphatic carbocycles. The van der Waals surface area contributed by atoms with Crippen molar-refractivity contribution in [2.45, 2.75) is 27.2 Å². The SMILES string of the molecule is CCOc1ccc(-n2c(C)c(C)c3c2ncn2nc(Cc4ccccc4)nc32)cc1. The summed E-state index contributed by atoms with van der Waals surface area (Å²) < 4.78 is 9.54. The first-order valence-corrected chi connectivity index (χ1v) is 10.1. The molecule has 3 aromatic heterocycles. The second kappa shape index (κ2) is 7.30. The minimum atomic E-state index is 0.654. The molecule has 0 saturated heterocycles. The van der Waals surface area contributed by atoms with Gasteiger partial charge in [-0.15, -0.1) is 5.10 Å². The number of hydrogen-bond acceptors (Lipinski definition) is 4. The van der Waals surface area contributed by atoms with E-state index in [9.17, 15) is 0 Å². The Morgan fingerprint density at radius 3 is 2.43 bits per heavy atom. The number of hydrogen-bond donors (Lipinski definition) is 0. The summed E-state index contributed by atoms with van der Waals surface area (Å²) in [7, 11) is 0. The summed E-state index contributed by atoms with van der Waals surface area (Å²) in [6.45, 7) is 6.88. The number of aryl methyl sites for hydroxylation is 1. The van der Waals surface area contributed by atoms with Crippen molar-refractivity contribution >= 4 is 16.7 Å². The van der Waals surface area contributed by atoms with Crippen LogP contribution in [0.3, 0.4) is 0 Å². The van der Waals surface area contributed by atoms with E-state index in [0.29, 0.717) is 13.0 Å². The van der Waals surface area contributed by atoms with Gasteiger partial charge in [-0.25, -0.2) is 14.5 Å². The fourth-order valence-corrected chi connectivity index (χ4v) is 3.93. The molecule has 0 spiro atoms. The lowest BCUT2D eigenvalue weighted by Crippen LogP contribution is -2.00. The van der Waals surface area contributed by atoms with Crippen LogP contribution in [0.15, 0.2) is 60.9 Å². The van der Waals surface area contributed by atoms with Crippen molar-refractivity contribution in [2.24, 2.45) is 0 Å². The first kappa shape index (κ1) is 18.4. The van der Waals surface area contributed by atoms with Gasteiger partial charge < -0.3 is 4.74 Å². The highest BCUT2D eigenvalue weighted by Gasteiger charge is 2.19. The Hall–Kier alpha value is -3.67. The van der Waals surface area contributed by atoms with E-state index in [4.69, 9.17) is 14.7 Å². The van der Waals surface area contributed by atoms with Crippen LogP contribution in [-0.4, -0.2) is 30.8 Å². The molecule has 0 atom stereocenters. The van der Waals surface area contributed by atoms with Crippen LogP contribution in [-0.2, 0) is 6.42 Å². The molecule has 0 aliphatic heterocycles. The minimum Gasteiger partial charge on any atom is -0.494 e. The number of ether oxygens (including phenoxy) is 1. The van der Waals surface area contributed by atoms with E-state index >= 15 is 0 Å². The lowest BCUT2D eigenvalue weighted by atomic mass is 10.1. The van der Waals surface area contributed by atoms with Gasteiger partial charge in [0.05, 0.1) is 12.0 Å². The van der Waals surface area contributed by atoms with Crippen molar-refractivity contribution in [3.63, 3.8) is 0 Å². The molecule has 2 aromatic carbocycles. The zero-order chi connectivity index (χ0) is 20.7. The van der Waals surface area contributed by atoms with Gasteiger partial charge in [0.15, 0.2) is 17.1 Å². The average Bonchev–Trinajstić information content (AvgIpc) is 3.28. The molecule has 150 valence electrons. The molecule has 0 N–H and O–H groups in total. The number of nitrogens with zero attached hydrogens (tertiary/aromatic N) is 5. The number of aromatic nitrogens is 5. The molecule has 0 saturated carbocycles. The third kappa shape index (κ3) is 3.01. The summed E-state index contributed by atoms with van der Waals surface area (Å²) >= 11 is 0. The van der Waals surface area contributed by atoms with Crippen LogP contribution in [0.4, 0.5) is 0 Å². The summed E-state index contributed by atoms with van der Waals surface area (Å²) in [5.74, 6) is 1.66. The fourth-order valence-electron chi connectivity index (χ4n) is 3.93. The van der Waals surface area contributed by atoms with Crippen molar-refractivity contribution < 1.29 is 4.74 Å². The molecule has 0 unspecified atom stereocenters. The van der Waals surface area contributed by atoms with Crippen LogP contribution in [0.1, 0.15) is 29.6 Å². The summed E-state index contributed by atoms with van der Waals surface area (Å²) in [4.78, 5) is 9.60. The molecule has 30 heavy (non-hydrogen) atoms. The third-order valence-corrected chi connectivity index (χ3v) is 5.49. The number of benzene rings is 2. The fraction of sp³-hybridized carbons (Fsp3) is 0.208. The summed E-state index contributed by atoms with van der Waals surface area (Å²) in [5.41, 5.74) is 6.28. The Bertz CT molecular complexity index is 1330. The second-order valence-electron chi connectivity index (χ2n) is 7.37. The van der Waals surface area contributed by atoms with Crippen LogP contribution >= 0.6 is 0 Å². The van der Waals surface area contributed by atoms with Crippen LogP contribution in [0, 0.1) is 13.8 Å². The van der Waals surface area contributed by atoms with Gasteiger partial charge in [-0.05, 0) is 56.2 Å². The monoisotopic (exact) mass is 397 g/mol. The zero-order valence-electron chi connectivity index (χ0n) is 17.3. The maximum Gasteiger partial charge on any atom is 0.168 e. The van der Waals surface area contributed by atoms with Crippen molar-refractivity contribution in [1.29, 1.82) is 0 Å². The Morgan fingerprint density at radius 2 is 1.70 bits per heavy atom. The highest BCUT2D eigenvalue weighted by atomic mass is 16.5. The lowest BCUT2D eigenvalue weighted by molar-refractivity contribution is 0.340. The van der Waals surface area contributed by atoms with E-state index in [2.05, 4.69) is 47.8 Å². The van der Waals surface area contributed by atoms with E-state index in [0.717, 1.165) is 45.2 Å². The molecule has 0 amide bonds. The Balaban J connectivity index is 1.63. The number of rotatable bonds is 5. The molecule has 0 fully saturated rings. The first-order chi connectivity index (χ1) is 14.7. The molecule has 0 radical (unpaired) electrons. The van der Waals surface area contributed by atoms with Crippen LogP contribution in [0.25, 0.3) is 22.4 Å². The molecule has 5 aromatic rings. The van der Waals surface area contributed by atoms with Gasteiger partial charge in [0.2, 0.25) is 0 Å². The molecule has 5 rings (SSSR count). The normalized spacial score (nSPS) is 11.4. The van der Waals surface area contributed by atoms with E-state index in [1.54, 1.807) is 10.8 Å². The van der Waals surface area contributed by atoms with Gasteiger partial charge in [-0.2, -0.15) is 0 Å². The van der Waals surface area contributed by atoms with E-state index in [1.165, 1.54) is 5.56 Å². The predicted molar refractivity (Wildman–Crippen MR) is 118 cm³/mol. The van der Waals surface area contributed by atoms with Gasteiger partial charge >= 0.3 is 0 Å². The average molecular weight is 397 g/mol. The van der Waals surface area contributed by atoms with Crippen molar-refractivity contribution in [3.05, 3.63) is 83.6 Å². The second-order valence-corrected chi connectivity index (χ2v) is 7.37. The molecule has 6 nitrogen and oxygen atoms in total. The largest absolute Gasteiger partial charge is 0.494 e. The third-order valence-electron chi connectivity index (χ3n) is 5.49. The van der Waals surface area contributed by atoms with E-state index in [-0.39, 0.29) is 0 Å². The Morgan fingerprint density at radius 1 is 0.933 bits per heavy atom. The van der Waals surface area contributed by atoms with E-state index in [1.807, 2.05) is 37.3 Å².